The number of carbonyl (C=O) groups is 2. The van der Waals surface area contributed by atoms with Crippen LogP contribution in [0.1, 0.15) is 60.6 Å². The monoisotopic (exact) mass is 579 g/mol. The summed E-state index contributed by atoms with van der Waals surface area (Å²) in [6.45, 7) is 4.05. The highest BCUT2D eigenvalue weighted by Gasteiger charge is 2.41. The number of fused-ring (bicyclic) bond motifs is 5. The summed E-state index contributed by atoms with van der Waals surface area (Å²) in [6, 6.07) is 17.7. The molecule has 4 heterocycles. The normalized spacial score (nSPS) is 20.3. The Balaban J connectivity index is 1.29. The zero-order valence-electron chi connectivity index (χ0n) is 23.7. The number of hydrogen-bond acceptors (Lipinski definition) is 7. The summed E-state index contributed by atoms with van der Waals surface area (Å²) in [6.07, 6.45) is 2.90. The molecule has 7 rings (SSSR count). The van der Waals surface area contributed by atoms with Gasteiger partial charge in [-0.15, -0.1) is 0 Å². The molecule has 2 amide bonds. The zero-order valence-corrected chi connectivity index (χ0v) is 23.7. The second-order valence-electron chi connectivity index (χ2n) is 11.3. The maximum absolute atomic E-state index is 14.9. The third-order valence-corrected chi connectivity index (χ3v) is 7.89. The lowest BCUT2D eigenvalue weighted by Gasteiger charge is -2.23. The van der Waals surface area contributed by atoms with Crippen molar-refractivity contribution < 1.29 is 18.7 Å². The SMILES string of the molecule is CC(C)Nc1ccc(-c2nn3c(c2C(=O)N[C@H]2N=C(c4ccccc4)c4cccc(F)c4NC2=O)O[C@H]2CC[C@@H]3C2)cn1. The van der Waals surface area contributed by atoms with Crippen molar-refractivity contribution in [2.45, 2.75) is 57.5 Å². The first-order valence-corrected chi connectivity index (χ1v) is 14.4. The van der Waals surface area contributed by atoms with E-state index in [2.05, 4.69) is 25.9 Å². The molecule has 3 N–H and O–H groups in total. The van der Waals surface area contributed by atoms with E-state index in [1.807, 2.05) is 56.3 Å². The molecule has 3 atom stereocenters. The van der Waals surface area contributed by atoms with E-state index in [4.69, 9.17) is 9.84 Å². The number of ether oxygens (including phenoxy) is 1. The van der Waals surface area contributed by atoms with E-state index >= 15 is 0 Å². The van der Waals surface area contributed by atoms with Crippen molar-refractivity contribution in [1.82, 2.24) is 20.1 Å². The van der Waals surface area contributed by atoms with Crippen molar-refractivity contribution >= 4 is 29.0 Å². The van der Waals surface area contributed by atoms with Gasteiger partial charge in [-0.05, 0) is 44.9 Å². The number of carbonyl (C=O) groups excluding carboxylic acids is 2. The van der Waals surface area contributed by atoms with E-state index in [1.165, 1.54) is 6.07 Å². The minimum Gasteiger partial charge on any atom is -0.474 e. The highest BCUT2D eigenvalue weighted by Crippen LogP contribution is 2.44. The molecule has 0 saturated heterocycles. The van der Waals surface area contributed by atoms with Crippen molar-refractivity contribution in [2.24, 2.45) is 4.99 Å². The van der Waals surface area contributed by atoms with Gasteiger partial charge in [0.15, 0.2) is 0 Å². The fraction of sp³-hybridized carbons (Fsp3) is 0.281. The minimum absolute atomic E-state index is 0.00861. The summed E-state index contributed by atoms with van der Waals surface area (Å²) in [5.41, 5.74) is 2.73. The van der Waals surface area contributed by atoms with Gasteiger partial charge >= 0.3 is 0 Å². The summed E-state index contributed by atoms with van der Waals surface area (Å²) < 4.78 is 23.0. The molecule has 2 aliphatic heterocycles. The topological polar surface area (TPSA) is 123 Å². The summed E-state index contributed by atoms with van der Waals surface area (Å²) >= 11 is 0. The first-order valence-electron chi connectivity index (χ1n) is 14.4. The van der Waals surface area contributed by atoms with Crippen LogP contribution in [-0.2, 0) is 4.79 Å². The van der Waals surface area contributed by atoms with E-state index < -0.39 is 23.8 Å². The van der Waals surface area contributed by atoms with Gasteiger partial charge in [-0.3, -0.25) is 9.59 Å². The highest BCUT2D eigenvalue weighted by molar-refractivity contribution is 6.20. The van der Waals surface area contributed by atoms with Crippen LogP contribution in [0.4, 0.5) is 15.9 Å². The smallest absolute Gasteiger partial charge is 0.269 e. The summed E-state index contributed by atoms with van der Waals surface area (Å²) in [7, 11) is 0. The van der Waals surface area contributed by atoms with E-state index in [1.54, 1.807) is 23.0 Å². The molecule has 0 unspecified atom stereocenters. The Morgan fingerprint density at radius 3 is 2.67 bits per heavy atom. The van der Waals surface area contributed by atoms with Crippen LogP contribution in [-0.4, -0.2) is 50.6 Å². The lowest BCUT2D eigenvalue weighted by atomic mass is 10.0. The Labute approximate surface area is 247 Å². The fourth-order valence-electron chi connectivity index (χ4n) is 5.92. The highest BCUT2D eigenvalue weighted by atomic mass is 19.1. The van der Waals surface area contributed by atoms with E-state index in [-0.39, 0.29) is 29.4 Å². The molecule has 1 fully saturated rings. The van der Waals surface area contributed by atoms with Crippen LogP contribution in [0.3, 0.4) is 0 Å². The number of nitrogens with zero attached hydrogens (tertiary/aromatic N) is 4. The van der Waals surface area contributed by atoms with Gasteiger partial charge in [-0.1, -0.05) is 42.5 Å². The number of anilines is 2. The van der Waals surface area contributed by atoms with E-state index in [0.717, 1.165) is 19.3 Å². The molecule has 2 bridgehead atoms. The minimum atomic E-state index is -1.35. The standard InChI is InChI=1S/C32H30FN7O3/c1-17(2)35-24-14-11-19(16-34-24)27-25(32-40(39-27)20-12-13-21(15-20)43-32)30(41)38-29-31(42)37-28-22(9-6-10-23(28)33)26(36-29)18-7-4-3-5-8-18/h3-11,14,16-17,20-21,29H,12-13,15H2,1-2H3,(H,34,35)(H,37,42)(H,38,41)/t20-,21+,29-/m1/s1. The van der Waals surface area contributed by atoms with Gasteiger partial charge in [-0.25, -0.2) is 19.0 Å². The molecule has 11 heteroatoms. The molecule has 0 spiro atoms. The molecule has 4 aromatic rings. The van der Waals surface area contributed by atoms with Gasteiger partial charge < -0.3 is 20.7 Å². The first kappa shape index (κ1) is 26.8. The van der Waals surface area contributed by atoms with Crippen molar-refractivity contribution in [3.8, 4) is 17.1 Å². The van der Waals surface area contributed by atoms with Crippen molar-refractivity contribution in [2.75, 3.05) is 10.6 Å². The number of rotatable bonds is 6. The van der Waals surface area contributed by atoms with Crippen LogP contribution in [0, 0.1) is 5.82 Å². The third-order valence-electron chi connectivity index (χ3n) is 7.89. The lowest BCUT2D eigenvalue weighted by Crippen LogP contribution is -2.42. The molecule has 2 aromatic carbocycles. The van der Waals surface area contributed by atoms with Gasteiger partial charge in [-0.2, -0.15) is 5.10 Å². The van der Waals surface area contributed by atoms with Gasteiger partial charge in [0.25, 0.3) is 11.8 Å². The Hall–Kier alpha value is -5.06. The number of amides is 2. The quantitative estimate of drug-likeness (QED) is 0.298. The number of aromatic nitrogens is 3. The zero-order chi connectivity index (χ0) is 29.7. The largest absolute Gasteiger partial charge is 0.474 e. The summed E-state index contributed by atoms with van der Waals surface area (Å²) in [5.74, 6) is -0.772. The van der Waals surface area contributed by atoms with Gasteiger partial charge in [0.1, 0.15) is 29.0 Å². The van der Waals surface area contributed by atoms with Crippen LogP contribution in [0.5, 0.6) is 5.88 Å². The number of aliphatic imine (C=N–C) groups is 1. The molecule has 10 nitrogen and oxygen atoms in total. The van der Waals surface area contributed by atoms with E-state index in [0.29, 0.717) is 39.8 Å². The average Bonchev–Trinajstić information content (AvgIpc) is 3.55. The second-order valence-corrected chi connectivity index (χ2v) is 11.3. The van der Waals surface area contributed by atoms with Crippen LogP contribution in [0.25, 0.3) is 11.3 Å². The summed E-state index contributed by atoms with van der Waals surface area (Å²) in [5, 5.41) is 13.5. The maximum Gasteiger partial charge on any atom is 0.269 e. The molecular weight excluding hydrogens is 549 g/mol. The van der Waals surface area contributed by atoms with Crippen molar-refractivity contribution in [1.29, 1.82) is 0 Å². The van der Waals surface area contributed by atoms with Crippen molar-refractivity contribution in [3.63, 3.8) is 0 Å². The first-order chi connectivity index (χ1) is 20.9. The number of hydrogen-bond donors (Lipinski definition) is 3. The molecule has 3 aliphatic rings. The Kier molecular flexibility index (Phi) is 6.64. The molecule has 1 saturated carbocycles. The number of benzene rings is 2. The van der Waals surface area contributed by atoms with Gasteiger partial charge in [0.2, 0.25) is 12.0 Å². The maximum atomic E-state index is 14.9. The average molecular weight is 580 g/mol. The second kappa shape index (κ2) is 10.6. The molecule has 1 aliphatic carbocycles. The summed E-state index contributed by atoms with van der Waals surface area (Å²) in [4.78, 5) is 36.7. The van der Waals surface area contributed by atoms with Gasteiger partial charge in [0, 0.05) is 35.3 Å². The molecular formula is C32H30FN7O3. The molecule has 2 aromatic heterocycles. The predicted octanol–water partition coefficient (Wildman–Crippen LogP) is 4.94. The Morgan fingerprint density at radius 1 is 1.07 bits per heavy atom. The number of halogens is 1. The third kappa shape index (κ3) is 4.90. The molecule has 43 heavy (non-hydrogen) atoms. The number of pyridine rings is 1. The fourth-order valence-corrected chi connectivity index (χ4v) is 5.92. The van der Waals surface area contributed by atoms with Crippen LogP contribution in [0.2, 0.25) is 0 Å². The Bertz CT molecular complexity index is 1750. The van der Waals surface area contributed by atoms with Crippen molar-refractivity contribution in [3.05, 3.63) is 89.4 Å². The van der Waals surface area contributed by atoms with Crippen LogP contribution < -0.4 is 20.7 Å². The molecule has 0 radical (unpaired) electrons. The predicted molar refractivity (Wildman–Crippen MR) is 160 cm³/mol. The van der Waals surface area contributed by atoms with Crippen LogP contribution in [0.15, 0.2) is 71.9 Å². The molecule has 218 valence electrons. The van der Waals surface area contributed by atoms with Crippen LogP contribution >= 0.6 is 0 Å². The lowest BCUT2D eigenvalue weighted by molar-refractivity contribution is -0.117. The number of para-hydroxylation sites is 1. The number of benzodiazepines with no additional fused rings is 1. The Morgan fingerprint density at radius 2 is 1.91 bits per heavy atom. The van der Waals surface area contributed by atoms with Gasteiger partial charge in [0.05, 0.1) is 17.4 Å². The number of nitrogens with one attached hydrogen (secondary N) is 3. The van der Waals surface area contributed by atoms with E-state index in [9.17, 15) is 14.0 Å².